The maximum Gasteiger partial charge on any atom is 0.0498 e. The summed E-state index contributed by atoms with van der Waals surface area (Å²) < 4.78 is 5.54. The maximum atomic E-state index is 5.54. The van der Waals surface area contributed by atoms with Crippen molar-refractivity contribution in [2.75, 3.05) is 19.8 Å². The van der Waals surface area contributed by atoms with Gasteiger partial charge in [0, 0.05) is 19.3 Å². The summed E-state index contributed by atoms with van der Waals surface area (Å²) in [5, 5.41) is 3.74. The molecule has 2 aliphatic rings. The van der Waals surface area contributed by atoms with Crippen LogP contribution in [0.2, 0.25) is 0 Å². The second-order valence-corrected chi connectivity index (χ2v) is 5.13. The quantitative estimate of drug-likeness (QED) is 0.771. The van der Waals surface area contributed by atoms with Crippen molar-refractivity contribution >= 4 is 0 Å². The molecular formula is C13H25NO. The van der Waals surface area contributed by atoms with Gasteiger partial charge in [0.25, 0.3) is 0 Å². The van der Waals surface area contributed by atoms with E-state index < -0.39 is 0 Å². The molecule has 1 aliphatic heterocycles. The van der Waals surface area contributed by atoms with E-state index in [0.29, 0.717) is 0 Å². The molecule has 0 amide bonds. The van der Waals surface area contributed by atoms with E-state index >= 15 is 0 Å². The molecule has 88 valence electrons. The van der Waals surface area contributed by atoms with Gasteiger partial charge in [-0.15, -0.1) is 0 Å². The second-order valence-electron chi connectivity index (χ2n) is 5.13. The lowest BCUT2D eigenvalue weighted by Gasteiger charge is -2.35. The van der Waals surface area contributed by atoms with Gasteiger partial charge in [0.2, 0.25) is 0 Å². The highest BCUT2D eigenvalue weighted by Gasteiger charge is 2.33. The third kappa shape index (κ3) is 2.94. The van der Waals surface area contributed by atoms with Crippen LogP contribution in [0.15, 0.2) is 0 Å². The molecule has 1 aliphatic carbocycles. The molecule has 2 rings (SSSR count). The van der Waals surface area contributed by atoms with Crippen LogP contribution in [-0.2, 0) is 4.74 Å². The van der Waals surface area contributed by atoms with Gasteiger partial charge in [0.15, 0.2) is 0 Å². The van der Waals surface area contributed by atoms with Gasteiger partial charge < -0.3 is 10.1 Å². The van der Waals surface area contributed by atoms with E-state index in [0.717, 1.165) is 31.1 Å². The Labute approximate surface area is 93.8 Å². The Kier molecular flexibility index (Phi) is 4.45. The minimum Gasteiger partial charge on any atom is -0.381 e. The van der Waals surface area contributed by atoms with Gasteiger partial charge in [-0.1, -0.05) is 19.8 Å². The SMILES string of the molecule is CCCNC1CCCCC1C1CCOC1. The third-order valence-corrected chi connectivity index (χ3v) is 4.05. The molecule has 3 atom stereocenters. The van der Waals surface area contributed by atoms with Crippen LogP contribution in [0.4, 0.5) is 0 Å². The van der Waals surface area contributed by atoms with Crippen LogP contribution >= 0.6 is 0 Å². The first kappa shape index (κ1) is 11.4. The lowest BCUT2D eigenvalue weighted by Crippen LogP contribution is -2.42. The number of ether oxygens (including phenoxy) is 1. The summed E-state index contributed by atoms with van der Waals surface area (Å²) in [7, 11) is 0. The van der Waals surface area contributed by atoms with E-state index in [-0.39, 0.29) is 0 Å². The molecular weight excluding hydrogens is 186 g/mol. The Balaban J connectivity index is 1.86. The monoisotopic (exact) mass is 211 g/mol. The van der Waals surface area contributed by atoms with Gasteiger partial charge in [-0.2, -0.15) is 0 Å². The molecule has 2 heteroatoms. The summed E-state index contributed by atoms with van der Waals surface area (Å²) in [5.41, 5.74) is 0. The smallest absolute Gasteiger partial charge is 0.0498 e. The molecule has 0 spiro atoms. The molecule has 1 N–H and O–H groups in total. The summed E-state index contributed by atoms with van der Waals surface area (Å²) in [6.07, 6.45) is 8.23. The van der Waals surface area contributed by atoms with Crippen molar-refractivity contribution < 1.29 is 4.74 Å². The molecule has 2 fully saturated rings. The molecule has 0 bridgehead atoms. The van der Waals surface area contributed by atoms with Crippen molar-refractivity contribution in [3.05, 3.63) is 0 Å². The Morgan fingerprint density at radius 2 is 2.07 bits per heavy atom. The second kappa shape index (κ2) is 5.86. The molecule has 1 saturated carbocycles. The van der Waals surface area contributed by atoms with Gasteiger partial charge in [0.05, 0.1) is 0 Å². The van der Waals surface area contributed by atoms with Crippen LogP contribution in [0.5, 0.6) is 0 Å². The molecule has 2 nitrogen and oxygen atoms in total. The van der Waals surface area contributed by atoms with Crippen LogP contribution in [0.3, 0.4) is 0 Å². The predicted octanol–water partition coefficient (Wildman–Crippen LogP) is 2.58. The first-order valence-corrected chi connectivity index (χ1v) is 6.73. The molecule has 15 heavy (non-hydrogen) atoms. The highest BCUT2D eigenvalue weighted by molar-refractivity contribution is 4.86. The summed E-state index contributed by atoms with van der Waals surface area (Å²) in [6.45, 7) is 5.47. The first-order chi connectivity index (χ1) is 7.42. The standard InChI is InChI=1S/C13H25NO/c1-2-8-14-13-6-4-3-5-12(13)11-7-9-15-10-11/h11-14H,2-10H2,1H3. The largest absolute Gasteiger partial charge is 0.381 e. The number of hydrogen-bond donors (Lipinski definition) is 1. The maximum absolute atomic E-state index is 5.54. The van der Waals surface area contributed by atoms with E-state index in [1.807, 2.05) is 0 Å². The van der Waals surface area contributed by atoms with Crippen molar-refractivity contribution in [3.8, 4) is 0 Å². The third-order valence-electron chi connectivity index (χ3n) is 4.05. The molecule has 0 aromatic carbocycles. The lowest BCUT2D eigenvalue weighted by molar-refractivity contribution is 0.140. The molecule has 0 aromatic rings. The zero-order valence-electron chi connectivity index (χ0n) is 10.0. The summed E-state index contributed by atoms with van der Waals surface area (Å²) in [5.74, 6) is 1.74. The van der Waals surface area contributed by atoms with Crippen molar-refractivity contribution in [1.82, 2.24) is 5.32 Å². The van der Waals surface area contributed by atoms with Crippen LogP contribution in [0.25, 0.3) is 0 Å². The van der Waals surface area contributed by atoms with Crippen LogP contribution in [0, 0.1) is 11.8 Å². The Hall–Kier alpha value is -0.0800. The van der Waals surface area contributed by atoms with Gasteiger partial charge in [-0.3, -0.25) is 0 Å². The highest BCUT2D eigenvalue weighted by Crippen LogP contribution is 2.34. The molecule has 1 heterocycles. The van der Waals surface area contributed by atoms with Crippen molar-refractivity contribution in [3.63, 3.8) is 0 Å². The van der Waals surface area contributed by atoms with Crippen LogP contribution in [-0.4, -0.2) is 25.8 Å². The fraction of sp³-hybridized carbons (Fsp3) is 1.00. The van der Waals surface area contributed by atoms with E-state index in [1.54, 1.807) is 0 Å². The number of hydrogen-bond acceptors (Lipinski definition) is 2. The topological polar surface area (TPSA) is 21.3 Å². The van der Waals surface area contributed by atoms with E-state index in [4.69, 9.17) is 4.74 Å². The van der Waals surface area contributed by atoms with E-state index in [2.05, 4.69) is 12.2 Å². The molecule has 0 radical (unpaired) electrons. The van der Waals surface area contributed by atoms with Crippen LogP contribution in [0.1, 0.15) is 45.4 Å². The average molecular weight is 211 g/mol. The Bertz CT molecular complexity index is 177. The summed E-state index contributed by atoms with van der Waals surface area (Å²) >= 11 is 0. The molecule has 0 aromatic heterocycles. The van der Waals surface area contributed by atoms with Crippen molar-refractivity contribution in [1.29, 1.82) is 0 Å². The van der Waals surface area contributed by atoms with E-state index in [1.165, 1.54) is 45.1 Å². The predicted molar refractivity (Wildman–Crippen MR) is 63.0 cm³/mol. The highest BCUT2D eigenvalue weighted by atomic mass is 16.5. The Morgan fingerprint density at radius 3 is 2.80 bits per heavy atom. The van der Waals surface area contributed by atoms with Gasteiger partial charge in [0.1, 0.15) is 0 Å². The van der Waals surface area contributed by atoms with Gasteiger partial charge in [-0.05, 0) is 44.1 Å². The van der Waals surface area contributed by atoms with Crippen molar-refractivity contribution in [2.45, 2.75) is 51.5 Å². The fourth-order valence-electron chi connectivity index (χ4n) is 3.20. The summed E-state index contributed by atoms with van der Waals surface area (Å²) in [4.78, 5) is 0. The first-order valence-electron chi connectivity index (χ1n) is 6.73. The Morgan fingerprint density at radius 1 is 1.20 bits per heavy atom. The zero-order chi connectivity index (χ0) is 10.5. The average Bonchev–Trinajstić information content (AvgIpc) is 2.80. The normalized spacial score (nSPS) is 37.0. The number of rotatable bonds is 4. The minimum absolute atomic E-state index is 0.783. The minimum atomic E-state index is 0.783. The zero-order valence-corrected chi connectivity index (χ0v) is 10.0. The van der Waals surface area contributed by atoms with E-state index in [9.17, 15) is 0 Å². The van der Waals surface area contributed by atoms with Gasteiger partial charge in [-0.25, -0.2) is 0 Å². The van der Waals surface area contributed by atoms with Gasteiger partial charge >= 0.3 is 0 Å². The lowest BCUT2D eigenvalue weighted by atomic mass is 9.76. The van der Waals surface area contributed by atoms with Crippen LogP contribution < -0.4 is 5.32 Å². The summed E-state index contributed by atoms with van der Waals surface area (Å²) in [6, 6.07) is 0.783. The number of nitrogens with one attached hydrogen (secondary N) is 1. The molecule has 3 unspecified atom stereocenters. The van der Waals surface area contributed by atoms with Crippen molar-refractivity contribution in [2.24, 2.45) is 11.8 Å². The molecule has 1 saturated heterocycles. The fourth-order valence-corrected chi connectivity index (χ4v) is 3.20.